The molecule has 0 N–H and O–H groups in total. The molecule has 0 spiro atoms. The van der Waals surface area contributed by atoms with E-state index in [1.165, 1.54) is 34.7 Å². The summed E-state index contributed by atoms with van der Waals surface area (Å²) < 4.78 is 5.47. The van der Waals surface area contributed by atoms with E-state index >= 15 is 0 Å². The summed E-state index contributed by atoms with van der Waals surface area (Å²) in [5, 5.41) is 3.34. The predicted octanol–water partition coefficient (Wildman–Crippen LogP) is 3.86. The second kappa shape index (κ2) is 5.72. The second-order valence-corrected chi connectivity index (χ2v) is 6.02. The lowest BCUT2D eigenvalue weighted by Crippen LogP contribution is -2.17. The number of nitrogens with zero attached hydrogens (tertiary/aromatic N) is 2. The van der Waals surface area contributed by atoms with E-state index in [1.54, 1.807) is 11.3 Å². The highest BCUT2D eigenvalue weighted by atomic mass is 35.5. The minimum Gasteiger partial charge on any atom is -0.372 e. The molecule has 3 heterocycles. The maximum Gasteiger partial charge on any atom is 0.185 e. The van der Waals surface area contributed by atoms with Gasteiger partial charge in [0.25, 0.3) is 0 Å². The maximum atomic E-state index is 5.47. The van der Waals surface area contributed by atoms with Gasteiger partial charge in [-0.15, -0.1) is 23.7 Å². The van der Waals surface area contributed by atoms with Crippen LogP contribution < -0.4 is 4.90 Å². The first-order valence-electron chi connectivity index (χ1n) is 6.80. The van der Waals surface area contributed by atoms with E-state index in [0.717, 1.165) is 32.0 Å². The Hall–Kier alpha value is -1.10. The quantitative estimate of drug-likeness (QED) is 0.842. The third-order valence-corrected chi connectivity index (χ3v) is 4.79. The van der Waals surface area contributed by atoms with Crippen LogP contribution in [0.5, 0.6) is 0 Å². The zero-order valence-electron chi connectivity index (χ0n) is 11.2. The van der Waals surface area contributed by atoms with Crippen LogP contribution in [0.15, 0.2) is 23.6 Å². The van der Waals surface area contributed by atoms with E-state index in [9.17, 15) is 0 Å². The van der Waals surface area contributed by atoms with Gasteiger partial charge in [-0.1, -0.05) is 12.1 Å². The number of thiazole rings is 1. The highest BCUT2D eigenvalue weighted by Gasteiger charge is 2.17. The van der Waals surface area contributed by atoms with Crippen LogP contribution in [0.4, 0.5) is 5.13 Å². The van der Waals surface area contributed by atoms with E-state index in [-0.39, 0.29) is 12.4 Å². The molecule has 1 saturated heterocycles. The lowest BCUT2D eigenvalue weighted by Gasteiger charge is -2.12. The number of benzene rings is 1. The van der Waals surface area contributed by atoms with Gasteiger partial charge >= 0.3 is 0 Å². The van der Waals surface area contributed by atoms with Gasteiger partial charge in [0.2, 0.25) is 0 Å². The molecule has 20 heavy (non-hydrogen) atoms. The fourth-order valence-corrected chi connectivity index (χ4v) is 3.67. The fourth-order valence-electron chi connectivity index (χ4n) is 2.78. The Labute approximate surface area is 129 Å². The third-order valence-electron chi connectivity index (χ3n) is 3.89. The van der Waals surface area contributed by atoms with Crippen LogP contribution in [0, 0.1) is 0 Å². The van der Waals surface area contributed by atoms with Crippen molar-refractivity contribution in [3.63, 3.8) is 0 Å². The molecule has 106 valence electrons. The lowest BCUT2D eigenvalue weighted by molar-refractivity contribution is 0.134. The summed E-state index contributed by atoms with van der Waals surface area (Å²) in [6, 6.07) is 6.56. The van der Waals surface area contributed by atoms with Crippen molar-refractivity contribution in [2.24, 2.45) is 0 Å². The van der Waals surface area contributed by atoms with Crippen LogP contribution >= 0.6 is 23.7 Å². The van der Waals surface area contributed by atoms with Crippen LogP contribution in [0.3, 0.4) is 0 Å². The van der Waals surface area contributed by atoms with Gasteiger partial charge in [0.15, 0.2) is 5.13 Å². The van der Waals surface area contributed by atoms with Gasteiger partial charge in [-0.25, -0.2) is 4.98 Å². The van der Waals surface area contributed by atoms with Crippen LogP contribution in [-0.2, 0) is 18.0 Å². The summed E-state index contributed by atoms with van der Waals surface area (Å²) in [5.74, 6) is 0. The Morgan fingerprint density at radius 3 is 2.75 bits per heavy atom. The number of hydrogen-bond acceptors (Lipinski definition) is 4. The Kier molecular flexibility index (Phi) is 3.96. The first-order valence-corrected chi connectivity index (χ1v) is 7.68. The number of rotatable bonds is 2. The van der Waals surface area contributed by atoms with E-state index in [1.807, 2.05) is 0 Å². The second-order valence-electron chi connectivity index (χ2n) is 5.19. The molecule has 0 aliphatic carbocycles. The zero-order valence-corrected chi connectivity index (χ0v) is 12.8. The van der Waals surface area contributed by atoms with Crippen molar-refractivity contribution in [3.8, 4) is 11.3 Å². The summed E-state index contributed by atoms with van der Waals surface area (Å²) in [5.41, 5.74) is 4.94. The Balaban J connectivity index is 0.00000121. The van der Waals surface area contributed by atoms with Gasteiger partial charge in [-0.2, -0.15) is 0 Å². The predicted molar refractivity (Wildman–Crippen MR) is 84.7 cm³/mol. The smallest absolute Gasteiger partial charge is 0.185 e. The topological polar surface area (TPSA) is 25.4 Å². The molecule has 2 aliphatic rings. The molecule has 0 unspecified atom stereocenters. The Morgan fingerprint density at radius 1 is 1.10 bits per heavy atom. The van der Waals surface area contributed by atoms with Crippen molar-refractivity contribution < 1.29 is 4.74 Å². The SMILES string of the molecule is Cl.c1cc2c(cc1-c1csc(N3CCCC3)n1)COC2. The van der Waals surface area contributed by atoms with Crippen LogP contribution in [-0.4, -0.2) is 18.1 Å². The summed E-state index contributed by atoms with van der Waals surface area (Å²) in [6.07, 6.45) is 2.59. The molecular formula is C15H17ClN2OS. The van der Waals surface area contributed by atoms with Crippen molar-refractivity contribution in [3.05, 3.63) is 34.7 Å². The molecule has 0 atom stereocenters. The number of hydrogen-bond donors (Lipinski definition) is 0. The van der Waals surface area contributed by atoms with Crippen molar-refractivity contribution in [2.45, 2.75) is 26.1 Å². The molecule has 2 aliphatic heterocycles. The standard InChI is InChI=1S/C15H16N2OS.ClH/c1-2-6-17(5-1)15-16-14(10-19-15)11-3-4-12-8-18-9-13(12)7-11;/h3-4,7,10H,1-2,5-6,8-9H2;1H. The van der Waals surface area contributed by atoms with Crippen molar-refractivity contribution in [1.29, 1.82) is 0 Å². The normalized spacial score (nSPS) is 17.1. The molecule has 1 aromatic heterocycles. The van der Waals surface area contributed by atoms with Crippen molar-refractivity contribution in [2.75, 3.05) is 18.0 Å². The van der Waals surface area contributed by atoms with Gasteiger partial charge in [-0.3, -0.25) is 0 Å². The molecular weight excluding hydrogens is 292 g/mol. The van der Waals surface area contributed by atoms with E-state index in [0.29, 0.717) is 0 Å². The van der Waals surface area contributed by atoms with Crippen LogP contribution in [0.1, 0.15) is 24.0 Å². The first-order chi connectivity index (χ1) is 9.40. The molecule has 0 saturated carbocycles. The summed E-state index contributed by atoms with van der Waals surface area (Å²) in [7, 11) is 0. The molecule has 0 bridgehead atoms. The number of fused-ring (bicyclic) bond motifs is 1. The van der Waals surface area contributed by atoms with Gasteiger partial charge in [0.1, 0.15) is 0 Å². The lowest BCUT2D eigenvalue weighted by atomic mass is 10.1. The van der Waals surface area contributed by atoms with Crippen LogP contribution in [0.25, 0.3) is 11.3 Å². The zero-order chi connectivity index (χ0) is 12.7. The van der Waals surface area contributed by atoms with E-state index in [4.69, 9.17) is 9.72 Å². The minimum atomic E-state index is 0. The first kappa shape index (κ1) is 13.9. The van der Waals surface area contributed by atoms with E-state index in [2.05, 4.69) is 28.5 Å². The van der Waals surface area contributed by atoms with Crippen LogP contribution in [0.2, 0.25) is 0 Å². The third kappa shape index (κ3) is 2.43. The highest BCUT2D eigenvalue weighted by Crippen LogP contribution is 2.31. The average molecular weight is 309 g/mol. The number of aromatic nitrogens is 1. The summed E-state index contributed by atoms with van der Waals surface area (Å²) in [4.78, 5) is 7.19. The van der Waals surface area contributed by atoms with E-state index < -0.39 is 0 Å². The largest absolute Gasteiger partial charge is 0.372 e. The molecule has 0 radical (unpaired) electrons. The Bertz CT molecular complexity index is 608. The molecule has 4 rings (SSSR count). The Morgan fingerprint density at radius 2 is 1.90 bits per heavy atom. The molecule has 1 fully saturated rings. The fraction of sp³-hybridized carbons (Fsp3) is 0.400. The average Bonchev–Trinajstić information content (AvgIpc) is 3.18. The monoisotopic (exact) mass is 308 g/mol. The maximum absolute atomic E-state index is 5.47. The summed E-state index contributed by atoms with van der Waals surface area (Å²) in [6.45, 7) is 3.81. The molecule has 1 aromatic carbocycles. The highest BCUT2D eigenvalue weighted by molar-refractivity contribution is 7.14. The van der Waals surface area contributed by atoms with Gasteiger partial charge in [-0.05, 0) is 30.0 Å². The molecule has 3 nitrogen and oxygen atoms in total. The minimum absolute atomic E-state index is 0. The van der Waals surface area contributed by atoms with Gasteiger partial charge in [0, 0.05) is 24.0 Å². The van der Waals surface area contributed by atoms with Gasteiger partial charge in [0.05, 0.1) is 18.9 Å². The van der Waals surface area contributed by atoms with Gasteiger partial charge < -0.3 is 9.64 Å². The number of ether oxygens (including phenoxy) is 1. The summed E-state index contributed by atoms with van der Waals surface area (Å²) >= 11 is 1.76. The molecule has 0 amide bonds. The molecule has 2 aromatic rings. The number of anilines is 1. The number of halogens is 1. The van der Waals surface area contributed by atoms with Crippen molar-refractivity contribution >= 4 is 28.9 Å². The van der Waals surface area contributed by atoms with Crippen molar-refractivity contribution in [1.82, 2.24) is 4.98 Å². The molecule has 5 heteroatoms.